The van der Waals surface area contributed by atoms with Gasteiger partial charge in [-0.2, -0.15) is 0 Å². The highest BCUT2D eigenvalue weighted by molar-refractivity contribution is 5.87. The van der Waals surface area contributed by atoms with Crippen molar-refractivity contribution in [2.45, 2.75) is 19.4 Å². The Morgan fingerprint density at radius 1 is 0.833 bits per heavy atom. The maximum atomic E-state index is 10.2. The van der Waals surface area contributed by atoms with Gasteiger partial charge in [0.05, 0.1) is 17.2 Å². The maximum absolute atomic E-state index is 10.2. The topological polar surface area (TPSA) is 115 Å². The molecule has 0 spiro atoms. The second-order valence-corrected chi connectivity index (χ2v) is 4.70. The molecule has 0 fully saturated rings. The average molecular weight is 334 g/mol. The lowest BCUT2D eigenvalue weighted by Crippen LogP contribution is -2.00. The van der Waals surface area contributed by atoms with Crippen LogP contribution in [0.15, 0.2) is 60.7 Å². The predicted molar refractivity (Wildman–Crippen MR) is 90.2 cm³/mol. The van der Waals surface area contributed by atoms with E-state index in [4.69, 9.17) is 20.4 Å². The van der Waals surface area contributed by atoms with Crippen LogP contribution in [0.4, 0.5) is 0 Å². The third-order valence-corrected chi connectivity index (χ3v) is 2.59. The Bertz CT molecular complexity index is 531. The molecular formula is C18H22O6. The van der Waals surface area contributed by atoms with E-state index < -0.39 is 11.9 Å². The van der Waals surface area contributed by atoms with Crippen molar-refractivity contribution in [2.75, 3.05) is 6.61 Å². The first kappa shape index (κ1) is 21.3. The largest absolute Gasteiger partial charge is 0.478 e. The molecule has 0 aliphatic carbocycles. The Balaban J connectivity index is 0.000000340. The Morgan fingerprint density at radius 2 is 1.17 bits per heavy atom. The average Bonchev–Trinajstić information content (AvgIpc) is 2.57. The molecule has 0 heterocycles. The van der Waals surface area contributed by atoms with Crippen LogP contribution in [-0.2, 0) is 0 Å². The second-order valence-electron chi connectivity index (χ2n) is 4.70. The van der Waals surface area contributed by atoms with Crippen molar-refractivity contribution in [3.63, 3.8) is 0 Å². The van der Waals surface area contributed by atoms with Crippen LogP contribution in [0.5, 0.6) is 0 Å². The molecule has 0 aliphatic heterocycles. The van der Waals surface area contributed by atoms with E-state index in [1.807, 2.05) is 0 Å². The highest BCUT2D eigenvalue weighted by Gasteiger charge is 1.97. The molecule has 0 aliphatic rings. The van der Waals surface area contributed by atoms with Crippen molar-refractivity contribution in [3.8, 4) is 0 Å². The molecule has 6 heteroatoms. The summed E-state index contributed by atoms with van der Waals surface area (Å²) in [5.74, 6) is -1.76. The fourth-order valence-electron chi connectivity index (χ4n) is 1.35. The van der Waals surface area contributed by atoms with Gasteiger partial charge in [0.1, 0.15) is 0 Å². The van der Waals surface area contributed by atoms with E-state index in [0.717, 1.165) is 0 Å². The van der Waals surface area contributed by atoms with Gasteiger partial charge in [-0.3, -0.25) is 0 Å². The summed E-state index contributed by atoms with van der Waals surface area (Å²) in [5, 5.41) is 33.2. The molecule has 0 saturated carbocycles. The van der Waals surface area contributed by atoms with Gasteiger partial charge >= 0.3 is 11.9 Å². The number of carboxylic acids is 2. The summed E-state index contributed by atoms with van der Waals surface area (Å²) >= 11 is 0. The van der Waals surface area contributed by atoms with E-state index in [2.05, 4.69) is 0 Å². The Hall–Kier alpha value is -2.70. The van der Waals surface area contributed by atoms with Gasteiger partial charge in [-0.15, -0.1) is 0 Å². The van der Waals surface area contributed by atoms with E-state index in [1.54, 1.807) is 67.6 Å². The predicted octanol–water partition coefficient (Wildman–Crippen LogP) is 2.52. The molecular weight excluding hydrogens is 312 g/mol. The van der Waals surface area contributed by atoms with Crippen molar-refractivity contribution >= 4 is 11.9 Å². The quantitative estimate of drug-likeness (QED) is 0.683. The lowest BCUT2D eigenvalue weighted by atomic mass is 10.2. The number of carboxylic acid groups (broad SMARTS) is 2. The normalized spacial score (nSPS) is 10.3. The van der Waals surface area contributed by atoms with Crippen molar-refractivity contribution < 1.29 is 30.0 Å². The van der Waals surface area contributed by atoms with Crippen molar-refractivity contribution in [3.05, 3.63) is 71.8 Å². The molecule has 0 saturated heterocycles. The minimum absolute atomic E-state index is 0.0810. The van der Waals surface area contributed by atoms with Gasteiger partial charge < -0.3 is 20.4 Å². The molecule has 2 aromatic carbocycles. The summed E-state index contributed by atoms with van der Waals surface area (Å²) in [6.45, 7) is 1.73. The maximum Gasteiger partial charge on any atom is 0.335 e. The molecule has 1 atom stereocenters. The van der Waals surface area contributed by atoms with Gasteiger partial charge in [0.25, 0.3) is 0 Å². The molecule has 0 amide bonds. The van der Waals surface area contributed by atoms with Gasteiger partial charge in [0, 0.05) is 6.61 Å². The van der Waals surface area contributed by atoms with Crippen LogP contribution in [-0.4, -0.2) is 45.1 Å². The van der Waals surface area contributed by atoms with Crippen LogP contribution in [0.1, 0.15) is 34.1 Å². The van der Waals surface area contributed by atoms with Crippen LogP contribution in [0.25, 0.3) is 0 Å². The zero-order valence-electron chi connectivity index (χ0n) is 13.4. The molecule has 1 unspecified atom stereocenters. The van der Waals surface area contributed by atoms with Crippen molar-refractivity contribution in [1.82, 2.24) is 0 Å². The molecule has 2 aromatic rings. The minimum Gasteiger partial charge on any atom is -0.478 e. The van der Waals surface area contributed by atoms with E-state index >= 15 is 0 Å². The van der Waals surface area contributed by atoms with E-state index in [0.29, 0.717) is 17.5 Å². The van der Waals surface area contributed by atoms with Gasteiger partial charge in [-0.25, -0.2) is 9.59 Å². The monoisotopic (exact) mass is 334 g/mol. The Kier molecular flexibility index (Phi) is 11.4. The molecule has 130 valence electrons. The first-order valence-corrected chi connectivity index (χ1v) is 7.24. The lowest BCUT2D eigenvalue weighted by molar-refractivity contribution is 0.0686. The van der Waals surface area contributed by atoms with E-state index in [9.17, 15) is 9.59 Å². The number of aromatic carboxylic acids is 2. The summed E-state index contributed by atoms with van der Waals surface area (Å²) < 4.78 is 0. The first-order chi connectivity index (χ1) is 11.4. The van der Waals surface area contributed by atoms with E-state index in [1.165, 1.54) is 0 Å². The SMILES string of the molecule is CC(O)CCO.O=C(O)c1ccccc1.O=C(O)c1ccccc1. The fraction of sp³-hybridized carbons (Fsp3) is 0.222. The number of aliphatic hydroxyl groups excluding tert-OH is 2. The van der Waals surface area contributed by atoms with Crippen LogP contribution in [0.3, 0.4) is 0 Å². The number of hydrogen-bond acceptors (Lipinski definition) is 4. The van der Waals surface area contributed by atoms with Crippen LogP contribution in [0, 0.1) is 0 Å². The smallest absolute Gasteiger partial charge is 0.335 e. The fourth-order valence-corrected chi connectivity index (χ4v) is 1.35. The number of aliphatic hydroxyl groups is 2. The summed E-state index contributed by atoms with van der Waals surface area (Å²) in [6.07, 6.45) is 0.134. The van der Waals surface area contributed by atoms with Crippen LogP contribution >= 0.6 is 0 Å². The van der Waals surface area contributed by atoms with E-state index in [-0.39, 0.29) is 12.7 Å². The van der Waals surface area contributed by atoms with Gasteiger partial charge in [0.15, 0.2) is 0 Å². The Morgan fingerprint density at radius 3 is 1.29 bits per heavy atom. The number of hydrogen-bond donors (Lipinski definition) is 4. The zero-order valence-corrected chi connectivity index (χ0v) is 13.4. The molecule has 4 N–H and O–H groups in total. The van der Waals surface area contributed by atoms with Gasteiger partial charge in [0.2, 0.25) is 0 Å². The summed E-state index contributed by atoms with van der Waals surface area (Å²) in [6, 6.07) is 16.6. The van der Waals surface area contributed by atoms with Gasteiger partial charge in [-0.1, -0.05) is 36.4 Å². The highest BCUT2D eigenvalue weighted by Crippen LogP contribution is 1.96. The number of benzene rings is 2. The molecule has 0 radical (unpaired) electrons. The van der Waals surface area contributed by atoms with Crippen LogP contribution in [0.2, 0.25) is 0 Å². The first-order valence-electron chi connectivity index (χ1n) is 7.24. The van der Waals surface area contributed by atoms with Crippen LogP contribution < -0.4 is 0 Å². The lowest BCUT2D eigenvalue weighted by Gasteiger charge is -1.95. The second kappa shape index (κ2) is 12.8. The summed E-state index contributed by atoms with van der Waals surface area (Å²) in [7, 11) is 0. The molecule has 0 aromatic heterocycles. The third kappa shape index (κ3) is 10.9. The third-order valence-electron chi connectivity index (χ3n) is 2.59. The summed E-state index contributed by atoms with van der Waals surface area (Å²) in [5.41, 5.74) is 0.662. The number of carbonyl (C=O) groups is 2. The summed E-state index contributed by atoms with van der Waals surface area (Å²) in [4.78, 5) is 20.4. The van der Waals surface area contributed by atoms with Crippen molar-refractivity contribution in [2.24, 2.45) is 0 Å². The van der Waals surface area contributed by atoms with Gasteiger partial charge in [-0.05, 0) is 37.6 Å². The zero-order chi connectivity index (χ0) is 18.4. The molecule has 24 heavy (non-hydrogen) atoms. The Labute approximate surface area is 140 Å². The molecule has 0 bridgehead atoms. The highest BCUT2D eigenvalue weighted by atomic mass is 16.4. The molecule has 2 rings (SSSR count). The minimum atomic E-state index is -0.879. The number of rotatable bonds is 4. The molecule has 6 nitrogen and oxygen atoms in total. The van der Waals surface area contributed by atoms with Crippen molar-refractivity contribution in [1.29, 1.82) is 0 Å². The standard InChI is InChI=1S/2C7H6O2.C4H10O2/c2*8-7(9)6-4-2-1-3-5-6;1-4(6)2-3-5/h2*1-5H,(H,8,9);4-6H,2-3H2,1H3.